The molecule has 0 saturated heterocycles. The number of anilines is 1. The molecule has 1 aliphatic carbocycles. The number of rotatable bonds is 4. The van der Waals surface area contributed by atoms with Gasteiger partial charge in [0.25, 0.3) is 5.69 Å². The number of aliphatic carboxylic acids is 1. The first-order valence-electron chi connectivity index (χ1n) is 5.69. The number of nitro groups is 1. The van der Waals surface area contributed by atoms with Gasteiger partial charge < -0.3 is 10.4 Å². The molecule has 2 unspecified atom stereocenters. The summed E-state index contributed by atoms with van der Waals surface area (Å²) in [5.74, 6) is -2.29. The second-order valence-electron chi connectivity index (χ2n) is 4.36. The molecule has 2 atom stereocenters. The van der Waals surface area contributed by atoms with Gasteiger partial charge >= 0.3 is 5.97 Å². The van der Waals surface area contributed by atoms with Crippen molar-refractivity contribution in [2.75, 3.05) is 5.32 Å². The molecule has 0 radical (unpaired) electrons. The Bertz CT molecular complexity index is 605. The van der Waals surface area contributed by atoms with E-state index in [1.165, 1.54) is 12.1 Å². The number of nitrogens with zero attached hydrogens (tertiary/aromatic N) is 1. The summed E-state index contributed by atoms with van der Waals surface area (Å²) in [5.41, 5.74) is -0.248. The van der Waals surface area contributed by atoms with Crippen LogP contribution in [0.1, 0.15) is 6.42 Å². The van der Waals surface area contributed by atoms with E-state index in [-0.39, 0.29) is 16.2 Å². The number of nitrogens with one attached hydrogen (secondary N) is 1. The number of carboxylic acids is 1. The zero-order valence-corrected chi connectivity index (χ0v) is 11.6. The van der Waals surface area contributed by atoms with Crippen LogP contribution in [-0.2, 0) is 4.79 Å². The lowest BCUT2D eigenvalue weighted by molar-refractivity contribution is -0.384. The molecule has 1 aromatic rings. The van der Waals surface area contributed by atoms with Crippen molar-refractivity contribution < 1.29 is 19.2 Å². The quantitative estimate of drug-likeness (QED) is 0.497. The molecule has 8 heteroatoms. The van der Waals surface area contributed by atoms with E-state index in [9.17, 15) is 19.3 Å². The molecule has 0 aliphatic heterocycles. The lowest BCUT2D eigenvalue weighted by Gasteiger charge is -2.14. The van der Waals surface area contributed by atoms with E-state index in [1.807, 2.05) is 0 Å². The number of halogens is 2. The van der Waals surface area contributed by atoms with Gasteiger partial charge in [-0.05, 0) is 28.4 Å². The lowest BCUT2D eigenvalue weighted by Crippen LogP contribution is -2.19. The minimum absolute atomic E-state index is 0.0994. The fourth-order valence-electron chi connectivity index (χ4n) is 1.99. The second kappa shape index (κ2) is 5.58. The van der Waals surface area contributed by atoms with Gasteiger partial charge in [0.1, 0.15) is 11.5 Å². The average Bonchev–Trinajstić information content (AvgIpc) is 2.82. The summed E-state index contributed by atoms with van der Waals surface area (Å²) in [6.07, 6.45) is 3.46. The molecule has 0 aromatic heterocycles. The molecule has 0 bridgehead atoms. The third-order valence-corrected chi connectivity index (χ3v) is 3.58. The monoisotopic (exact) mass is 344 g/mol. The van der Waals surface area contributed by atoms with E-state index in [0.717, 1.165) is 6.07 Å². The minimum Gasteiger partial charge on any atom is -0.481 e. The maximum Gasteiger partial charge on any atom is 0.310 e. The van der Waals surface area contributed by atoms with Gasteiger partial charge in [-0.2, -0.15) is 0 Å². The molecule has 6 nitrogen and oxygen atoms in total. The van der Waals surface area contributed by atoms with Crippen molar-refractivity contribution in [3.8, 4) is 0 Å². The van der Waals surface area contributed by atoms with Gasteiger partial charge in [-0.3, -0.25) is 14.9 Å². The maximum atomic E-state index is 13.3. The molecule has 1 aliphatic rings. The summed E-state index contributed by atoms with van der Waals surface area (Å²) in [5, 5.41) is 22.6. The molecule has 106 valence electrons. The van der Waals surface area contributed by atoms with E-state index in [1.54, 1.807) is 6.08 Å². The highest BCUT2D eigenvalue weighted by Crippen LogP contribution is 2.32. The van der Waals surface area contributed by atoms with Crippen molar-refractivity contribution >= 4 is 33.3 Å². The summed E-state index contributed by atoms with van der Waals surface area (Å²) in [6.45, 7) is 0. The number of hydrogen-bond donors (Lipinski definition) is 2. The standard InChI is InChI=1S/C12H10BrFN2O4/c13-8-4-10(11(16(19)20)5-9(8)14)15-7-2-1-6(3-7)12(17)18/h1-2,4-7,15H,3H2,(H,17,18). The Morgan fingerprint density at radius 3 is 2.75 bits per heavy atom. The molecular weight excluding hydrogens is 335 g/mol. The summed E-state index contributed by atoms with van der Waals surface area (Å²) >= 11 is 2.96. The van der Waals surface area contributed by atoms with Gasteiger partial charge in [0.2, 0.25) is 0 Å². The second-order valence-corrected chi connectivity index (χ2v) is 5.21. The van der Waals surface area contributed by atoms with Gasteiger partial charge in [0, 0.05) is 6.04 Å². The van der Waals surface area contributed by atoms with Crippen LogP contribution in [0.25, 0.3) is 0 Å². The Balaban J connectivity index is 2.22. The number of carbonyl (C=O) groups is 1. The fourth-order valence-corrected chi connectivity index (χ4v) is 2.34. The zero-order valence-electron chi connectivity index (χ0n) is 10.0. The molecule has 0 amide bonds. The first-order chi connectivity index (χ1) is 9.38. The highest BCUT2D eigenvalue weighted by Gasteiger charge is 2.26. The van der Waals surface area contributed by atoms with Crippen molar-refractivity contribution in [3.05, 3.63) is 44.7 Å². The maximum absolute atomic E-state index is 13.3. The highest BCUT2D eigenvalue weighted by atomic mass is 79.9. The van der Waals surface area contributed by atoms with Crippen LogP contribution in [0.2, 0.25) is 0 Å². The third-order valence-electron chi connectivity index (χ3n) is 2.98. The SMILES string of the molecule is O=C(O)C1C=CC(Nc2cc(Br)c(F)cc2[N+](=O)[O-])C1. The minimum atomic E-state index is -0.944. The van der Waals surface area contributed by atoms with Gasteiger partial charge in [-0.25, -0.2) is 4.39 Å². The van der Waals surface area contributed by atoms with E-state index in [2.05, 4.69) is 21.2 Å². The van der Waals surface area contributed by atoms with Crippen LogP contribution < -0.4 is 5.32 Å². The van der Waals surface area contributed by atoms with E-state index in [4.69, 9.17) is 5.11 Å². The normalized spacial score (nSPS) is 20.9. The smallest absolute Gasteiger partial charge is 0.310 e. The van der Waals surface area contributed by atoms with Crippen molar-refractivity contribution in [3.63, 3.8) is 0 Å². The van der Waals surface area contributed by atoms with Crippen LogP contribution in [0.15, 0.2) is 28.8 Å². The Labute approximate surface area is 121 Å². The number of benzene rings is 1. The zero-order chi connectivity index (χ0) is 14.9. The molecular formula is C12H10BrFN2O4. The Morgan fingerprint density at radius 2 is 2.20 bits per heavy atom. The number of hydrogen-bond acceptors (Lipinski definition) is 4. The molecule has 0 fully saturated rings. The van der Waals surface area contributed by atoms with Crippen molar-refractivity contribution in [2.45, 2.75) is 12.5 Å². The molecule has 0 heterocycles. The highest BCUT2D eigenvalue weighted by molar-refractivity contribution is 9.10. The first-order valence-corrected chi connectivity index (χ1v) is 6.49. The van der Waals surface area contributed by atoms with Crippen molar-refractivity contribution in [1.82, 2.24) is 0 Å². The van der Waals surface area contributed by atoms with Crippen LogP contribution in [0.3, 0.4) is 0 Å². The van der Waals surface area contributed by atoms with Crippen molar-refractivity contribution in [1.29, 1.82) is 0 Å². The van der Waals surface area contributed by atoms with Crippen LogP contribution >= 0.6 is 15.9 Å². The lowest BCUT2D eigenvalue weighted by atomic mass is 10.1. The predicted molar refractivity (Wildman–Crippen MR) is 73.0 cm³/mol. The predicted octanol–water partition coefficient (Wildman–Crippen LogP) is 2.94. The molecule has 2 rings (SSSR count). The summed E-state index contributed by atoms with van der Waals surface area (Å²) in [4.78, 5) is 21.0. The first kappa shape index (κ1) is 14.4. The van der Waals surface area contributed by atoms with E-state index in [0.29, 0.717) is 6.42 Å². The summed E-state index contributed by atoms with van der Waals surface area (Å²) < 4.78 is 13.4. The molecule has 20 heavy (non-hydrogen) atoms. The molecule has 2 N–H and O–H groups in total. The number of carboxylic acid groups (broad SMARTS) is 1. The van der Waals surface area contributed by atoms with Crippen molar-refractivity contribution in [2.24, 2.45) is 5.92 Å². The summed E-state index contributed by atoms with van der Waals surface area (Å²) in [6, 6.07) is 1.75. The fraction of sp³-hybridized carbons (Fsp3) is 0.250. The van der Waals surface area contributed by atoms with Gasteiger partial charge in [0.15, 0.2) is 0 Å². The summed E-state index contributed by atoms with van der Waals surface area (Å²) in [7, 11) is 0. The molecule has 1 aromatic carbocycles. The van der Waals surface area contributed by atoms with Gasteiger partial charge in [-0.1, -0.05) is 12.2 Å². The Kier molecular flexibility index (Phi) is 4.03. The Hall–Kier alpha value is -1.96. The largest absolute Gasteiger partial charge is 0.481 e. The van der Waals surface area contributed by atoms with Gasteiger partial charge in [-0.15, -0.1) is 0 Å². The van der Waals surface area contributed by atoms with E-state index < -0.39 is 28.3 Å². The molecule has 0 saturated carbocycles. The van der Waals surface area contributed by atoms with E-state index >= 15 is 0 Å². The van der Waals surface area contributed by atoms with Crippen LogP contribution in [0.4, 0.5) is 15.8 Å². The van der Waals surface area contributed by atoms with Crippen LogP contribution in [-0.4, -0.2) is 22.0 Å². The average molecular weight is 345 g/mol. The van der Waals surface area contributed by atoms with Gasteiger partial charge in [0.05, 0.1) is 21.4 Å². The number of nitro benzene ring substituents is 1. The van der Waals surface area contributed by atoms with Crippen LogP contribution in [0, 0.1) is 21.8 Å². The molecule has 0 spiro atoms. The Morgan fingerprint density at radius 1 is 1.50 bits per heavy atom. The van der Waals surface area contributed by atoms with Crippen LogP contribution in [0.5, 0.6) is 0 Å². The topological polar surface area (TPSA) is 92.5 Å². The third kappa shape index (κ3) is 2.96.